The first-order valence-corrected chi connectivity index (χ1v) is 16.0. The number of halogens is 1. The summed E-state index contributed by atoms with van der Waals surface area (Å²) in [6, 6.07) is 15.4. The Bertz CT molecular complexity index is 1530. The van der Waals surface area contributed by atoms with Crippen LogP contribution in [0, 0.1) is 12.8 Å². The van der Waals surface area contributed by atoms with E-state index in [2.05, 4.69) is 22.3 Å². The quantitative estimate of drug-likeness (QED) is 0.280. The molecule has 3 aromatic carbocycles. The number of carboxylic acids is 1. The molecule has 0 radical (unpaired) electrons. The van der Waals surface area contributed by atoms with Gasteiger partial charge in [-0.25, -0.2) is 0 Å². The normalized spacial score (nSPS) is 21.2. The summed E-state index contributed by atoms with van der Waals surface area (Å²) in [5.41, 5.74) is 6.59. The third kappa shape index (κ3) is 5.73. The molecule has 0 saturated carbocycles. The van der Waals surface area contributed by atoms with Crippen LogP contribution in [0.15, 0.2) is 48.5 Å². The highest BCUT2D eigenvalue weighted by molar-refractivity contribution is 6.30. The van der Waals surface area contributed by atoms with E-state index >= 15 is 0 Å². The van der Waals surface area contributed by atoms with Gasteiger partial charge in [0.1, 0.15) is 0 Å². The topological polar surface area (TPSA) is 91.3 Å². The van der Waals surface area contributed by atoms with Crippen molar-refractivity contribution in [3.05, 3.63) is 81.4 Å². The summed E-state index contributed by atoms with van der Waals surface area (Å²) < 4.78 is 11.3. The largest absolute Gasteiger partial charge is 0.481 e. The van der Waals surface area contributed by atoms with Gasteiger partial charge in [-0.1, -0.05) is 43.6 Å². The Balaban J connectivity index is 1.35. The molecule has 0 aromatic heterocycles. The minimum absolute atomic E-state index is 0.0529. The van der Waals surface area contributed by atoms with Crippen LogP contribution in [-0.4, -0.2) is 54.9 Å². The molecule has 1 amide bonds. The van der Waals surface area contributed by atoms with Gasteiger partial charge in [0, 0.05) is 48.0 Å². The van der Waals surface area contributed by atoms with Crippen LogP contribution in [0.25, 0.3) is 0 Å². The van der Waals surface area contributed by atoms with Gasteiger partial charge in [-0.05, 0) is 90.8 Å². The molecule has 0 spiro atoms. The fourth-order valence-electron chi connectivity index (χ4n) is 7.30. The van der Waals surface area contributed by atoms with Crippen molar-refractivity contribution in [2.24, 2.45) is 5.92 Å². The van der Waals surface area contributed by atoms with Crippen molar-refractivity contribution >= 4 is 34.9 Å². The maximum Gasteiger partial charge on any atom is 0.309 e. The number of carbonyl (C=O) groups is 2. The number of aliphatic carboxylic acids is 1. The fraction of sp³-hybridized carbons (Fsp3) is 0.429. The van der Waals surface area contributed by atoms with E-state index in [9.17, 15) is 14.7 Å². The summed E-state index contributed by atoms with van der Waals surface area (Å²) in [4.78, 5) is 31.3. The Morgan fingerprint density at radius 2 is 1.68 bits per heavy atom. The minimum Gasteiger partial charge on any atom is -0.481 e. The number of benzene rings is 3. The molecule has 2 saturated heterocycles. The summed E-state index contributed by atoms with van der Waals surface area (Å²) >= 11 is 6.36. The number of fused-ring (bicyclic) bond motifs is 1. The Hall–Kier alpha value is -3.75. The van der Waals surface area contributed by atoms with E-state index in [1.165, 1.54) is 12.8 Å². The molecule has 1 unspecified atom stereocenters. The lowest BCUT2D eigenvalue weighted by molar-refractivity contribution is -0.143. The number of hydrogen-bond acceptors (Lipinski definition) is 6. The maximum absolute atomic E-state index is 13.8. The number of nitrogens with zero attached hydrogens (tertiary/aromatic N) is 2. The average Bonchev–Trinajstić information content (AvgIpc) is 3.79. The van der Waals surface area contributed by atoms with E-state index < -0.39 is 17.9 Å². The van der Waals surface area contributed by atoms with E-state index in [1.807, 2.05) is 62.1 Å². The Morgan fingerprint density at radius 3 is 2.32 bits per heavy atom. The third-order valence-corrected chi connectivity index (χ3v) is 9.68. The number of amides is 1. The fourth-order valence-corrected chi connectivity index (χ4v) is 7.56. The highest BCUT2D eigenvalue weighted by Gasteiger charge is 2.48. The average molecular weight is 618 g/mol. The molecule has 0 bridgehead atoms. The summed E-state index contributed by atoms with van der Waals surface area (Å²) in [6.07, 6.45) is 3.81. The van der Waals surface area contributed by atoms with Crippen molar-refractivity contribution in [2.75, 3.05) is 43.2 Å². The van der Waals surface area contributed by atoms with Gasteiger partial charge in [-0.3, -0.25) is 14.5 Å². The predicted molar refractivity (Wildman–Crippen MR) is 172 cm³/mol. The first kappa shape index (κ1) is 30.3. The second-order valence-corrected chi connectivity index (χ2v) is 12.4. The van der Waals surface area contributed by atoms with Crippen LogP contribution in [0.3, 0.4) is 0 Å². The molecule has 2 fully saturated rings. The van der Waals surface area contributed by atoms with Gasteiger partial charge in [0.25, 0.3) is 0 Å². The number of likely N-dealkylation sites (tertiary alicyclic amines) is 1. The summed E-state index contributed by atoms with van der Waals surface area (Å²) in [7, 11) is 0. The lowest BCUT2D eigenvalue weighted by atomic mass is 9.81. The second-order valence-electron chi connectivity index (χ2n) is 12.0. The summed E-state index contributed by atoms with van der Waals surface area (Å²) in [6.45, 7) is 8.70. The van der Waals surface area contributed by atoms with Gasteiger partial charge in [0.15, 0.2) is 11.5 Å². The highest BCUT2D eigenvalue weighted by Crippen LogP contribution is 2.49. The van der Waals surface area contributed by atoms with Crippen molar-refractivity contribution in [1.29, 1.82) is 0 Å². The van der Waals surface area contributed by atoms with Crippen LogP contribution in [0.2, 0.25) is 5.02 Å². The molecule has 9 heteroatoms. The number of rotatable bonds is 9. The molecule has 3 aliphatic heterocycles. The van der Waals surface area contributed by atoms with E-state index in [-0.39, 0.29) is 25.2 Å². The lowest BCUT2D eigenvalue weighted by Gasteiger charge is -2.28. The van der Waals surface area contributed by atoms with Crippen LogP contribution >= 0.6 is 11.6 Å². The number of carbonyl (C=O) groups excluding carboxylic acids is 1. The van der Waals surface area contributed by atoms with E-state index in [0.717, 1.165) is 65.1 Å². The monoisotopic (exact) mass is 617 g/mol. The third-order valence-electron chi connectivity index (χ3n) is 9.46. The van der Waals surface area contributed by atoms with E-state index in [0.29, 0.717) is 23.1 Å². The standard InChI is InChI=1S/C35H40ClN3O5/c1-4-22-16-25(36)17-23(5-2)32(22)37-30(40)19-39-18-28(27-12-13-29-34(21(27)3)44-20-43-29)31(35(41)42)33(39)24-8-10-26(11-9-24)38-14-6-7-15-38/h8-13,16-17,28,31,33H,4-7,14-15,18-20H2,1-3H3,(H,37,40)(H,41,42)/t28-,31?,33+/m1/s1. The zero-order valence-corrected chi connectivity index (χ0v) is 26.3. The zero-order chi connectivity index (χ0) is 31.0. The molecule has 232 valence electrons. The molecule has 44 heavy (non-hydrogen) atoms. The van der Waals surface area contributed by atoms with Crippen molar-refractivity contribution in [3.63, 3.8) is 0 Å². The van der Waals surface area contributed by atoms with Gasteiger partial charge in [0.2, 0.25) is 12.7 Å². The van der Waals surface area contributed by atoms with Gasteiger partial charge in [-0.2, -0.15) is 0 Å². The van der Waals surface area contributed by atoms with Gasteiger partial charge < -0.3 is 24.8 Å². The molecular formula is C35H40ClN3O5. The molecule has 0 aliphatic carbocycles. The van der Waals surface area contributed by atoms with Crippen LogP contribution in [0.1, 0.15) is 66.5 Å². The maximum atomic E-state index is 13.8. The number of hydrogen-bond donors (Lipinski definition) is 2. The molecule has 3 atom stereocenters. The first-order valence-electron chi connectivity index (χ1n) is 15.6. The van der Waals surface area contributed by atoms with Crippen molar-refractivity contribution < 1.29 is 24.2 Å². The molecular weight excluding hydrogens is 578 g/mol. The van der Waals surface area contributed by atoms with E-state index in [4.69, 9.17) is 21.1 Å². The highest BCUT2D eigenvalue weighted by atomic mass is 35.5. The molecule has 3 heterocycles. The second kappa shape index (κ2) is 12.7. The predicted octanol–water partition coefficient (Wildman–Crippen LogP) is 6.58. The van der Waals surface area contributed by atoms with Gasteiger partial charge in [-0.15, -0.1) is 0 Å². The zero-order valence-electron chi connectivity index (χ0n) is 25.6. The SMILES string of the molecule is CCc1cc(Cl)cc(CC)c1NC(=O)CN1C[C@H](c2ccc3c(c2C)OCO3)C(C(=O)O)[C@@H]1c1ccc(N2CCCC2)cc1. The smallest absolute Gasteiger partial charge is 0.309 e. The molecule has 3 aliphatic rings. The molecule has 2 N–H and O–H groups in total. The summed E-state index contributed by atoms with van der Waals surface area (Å²) in [5, 5.41) is 14.6. The van der Waals surface area contributed by atoms with Crippen molar-refractivity contribution in [1.82, 2.24) is 4.90 Å². The van der Waals surface area contributed by atoms with Crippen molar-refractivity contribution in [3.8, 4) is 11.5 Å². The minimum atomic E-state index is -0.886. The summed E-state index contributed by atoms with van der Waals surface area (Å²) in [5.74, 6) is -0.858. The van der Waals surface area contributed by atoms with Crippen molar-refractivity contribution in [2.45, 2.75) is 58.4 Å². The lowest BCUT2D eigenvalue weighted by Crippen LogP contribution is -2.35. The number of nitrogens with one attached hydrogen (secondary N) is 1. The van der Waals surface area contributed by atoms with Crippen LogP contribution in [0.5, 0.6) is 11.5 Å². The molecule has 6 rings (SSSR count). The van der Waals surface area contributed by atoms with Gasteiger partial charge in [0.05, 0.1) is 12.5 Å². The molecule has 8 nitrogen and oxygen atoms in total. The Morgan fingerprint density at radius 1 is 1.00 bits per heavy atom. The molecule has 3 aromatic rings. The number of anilines is 2. The van der Waals surface area contributed by atoms with Crippen LogP contribution in [-0.2, 0) is 22.4 Å². The van der Waals surface area contributed by atoms with Crippen LogP contribution in [0.4, 0.5) is 11.4 Å². The Kier molecular flexibility index (Phi) is 8.74. The van der Waals surface area contributed by atoms with Gasteiger partial charge >= 0.3 is 5.97 Å². The van der Waals surface area contributed by atoms with E-state index in [1.54, 1.807) is 0 Å². The van der Waals surface area contributed by atoms with Crippen LogP contribution < -0.4 is 19.7 Å². The first-order chi connectivity index (χ1) is 21.3. The number of ether oxygens (including phenoxy) is 2. The number of aryl methyl sites for hydroxylation is 2. The number of carboxylic acid groups (broad SMARTS) is 1. The Labute approximate surface area is 263 Å².